The number of esters is 1. The standard InChI is InChI=1S/C33H31F3N4O3S2/c1-3-43-32(41)30-18-44-33(38-30)40-31(22-10-12-27(35)25(16-22)20-5-4-6-23(34)14-20)26(29(39-40)13-19-7-8-19)15-21-9-11-24(17-28(21)36)45(2,37)42/h4-6,9-12,14,16-19,45H,3,7-8,13,15H2,1-2H3,(H2,37,42). The molecule has 0 spiro atoms. The van der Waals surface area contributed by atoms with Gasteiger partial charge >= 0.3 is 5.97 Å². The van der Waals surface area contributed by atoms with Gasteiger partial charge in [0.1, 0.15) is 17.5 Å². The third-order valence-electron chi connectivity index (χ3n) is 7.70. The van der Waals surface area contributed by atoms with Gasteiger partial charge < -0.3 is 4.74 Å². The molecule has 234 valence electrons. The highest BCUT2D eigenvalue weighted by molar-refractivity contribution is 8.00. The quantitative estimate of drug-likeness (QED) is 0.130. The van der Waals surface area contributed by atoms with Gasteiger partial charge in [0.2, 0.25) is 5.13 Å². The van der Waals surface area contributed by atoms with Crippen molar-refractivity contribution in [2.45, 2.75) is 37.5 Å². The molecule has 7 nitrogen and oxygen atoms in total. The highest BCUT2D eigenvalue weighted by atomic mass is 32.3. The Bertz CT molecular complexity index is 1960. The van der Waals surface area contributed by atoms with Crippen LogP contribution in [0.1, 0.15) is 47.1 Å². The van der Waals surface area contributed by atoms with Crippen LogP contribution in [0.25, 0.3) is 27.5 Å². The van der Waals surface area contributed by atoms with E-state index in [-0.39, 0.29) is 29.2 Å². The fourth-order valence-corrected chi connectivity index (χ4v) is 6.72. The minimum Gasteiger partial charge on any atom is -0.461 e. The van der Waals surface area contributed by atoms with Crippen LogP contribution >= 0.6 is 11.3 Å². The van der Waals surface area contributed by atoms with Crippen molar-refractivity contribution in [3.63, 3.8) is 0 Å². The second-order valence-electron chi connectivity index (χ2n) is 11.2. The molecule has 1 fully saturated rings. The SMILES string of the molecule is CCOC(=O)c1csc(-n2nc(CC3CC3)c(Cc3ccc([SH](C)(N)=O)cc3F)c2-c2ccc(F)c(-c3cccc(F)c3)c2)n1. The van der Waals surface area contributed by atoms with Crippen molar-refractivity contribution in [3.8, 4) is 27.5 Å². The first-order chi connectivity index (χ1) is 21.5. The highest BCUT2D eigenvalue weighted by Gasteiger charge is 2.30. The average molecular weight is 653 g/mol. The molecule has 0 radical (unpaired) electrons. The number of halogens is 3. The van der Waals surface area contributed by atoms with E-state index in [9.17, 15) is 13.4 Å². The molecule has 2 heterocycles. The van der Waals surface area contributed by atoms with Crippen molar-refractivity contribution in [3.05, 3.63) is 106 Å². The number of carbonyl (C=O) groups is 1. The Morgan fingerprint density at radius 1 is 1.07 bits per heavy atom. The number of aromatic nitrogens is 3. The highest BCUT2D eigenvalue weighted by Crippen LogP contribution is 2.39. The Morgan fingerprint density at radius 2 is 1.87 bits per heavy atom. The second kappa shape index (κ2) is 12.3. The molecule has 6 rings (SSSR count). The van der Waals surface area contributed by atoms with Gasteiger partial charge in [-0.2, -0.15) is 5.10 Å². The van der Waals surface area contributed by atoms with Crippen LogP contribution in [0, 0.1) is 23.4 Å². The summed E-state index contributed by atoms with van der Waals surface area (Å²) in [5.41, 5.74) is 3.50. The number of hydrogen-bond acceptors (Lipinski definition) is 6. The first kappa shape index (κ1) is 30.9. The lowest BCUT2D eigenvalue weighted by molar-refractivity contribution is 0.0520. The maximum absolute atomic E-state index is 15.5. The van der Waals surface area contributed by atoms with Crippen LogP contribution in [0.15, 0.2) is 70.9 Å². The molecule has 2 N–H and O–H groups in total. The van der Waals surface area contributed by atoms with E-state index in [1.165, 1.54) is 47.9 Å². The summed E-state index contributed by atoms with van der Waals surface area (Å²) < 4.78 is 64.0. The van der Waals surface area contributed by atoms with Crippen molar-refractivity contribution in [2.75, 3.05) is 12.9 Å². The van der Waals surface area contributed by atoms with Crippen LogP contribution in [0.3, 0.4) is 0 Å². The van der Waals surface area contributed by atoms with Crippen molar-refractivity contribution in [1.29, 1.82) is 0 Å². The molecule has 0 unspecified atom stereocenters. The molecule has 0 aliphatic heterocycles. The number of rotatable bonds is 10. The van der Waals surface area contributed by atoms with Gasteiger partial charge in [-0.05, 0) is 95.8 Å². The van der Waals surface area contributed by atoms with Crippen LogP contribution in [0.4, 0.5) is 13.2 Å². The normalized spacial score (nSPS) is 13.6. The number of hydrogen-bond donors (Lipinski definition) is 2. The zero-order valence-corrected chi connectivity index (χ0v) is 26.3. The molecule has 12 heteroatoms. The Balaban J connectivity index is 1.55. The number of carbonyl (C=O) groups excluding carboxylic acids is 1. The Hall–Kier alpha value is -4.13. The number of thiol groups is 1. The molecule has 0 atom stereocenters. The molecular formula is C33H31F3N4O3S2. The van der Waals surface area contributed by atoms with Crippen LogP contribution in [-0.4, -0.2) is 37.8 Å². The summed E-state index contributed by atoms with van der Waals surface area (Å²) in [6, 6.07) is 14.5. The van der Waals surface area contributed by atoms with Crippen molar-refractivity contribution >= 4 is 27.4 Å². The van der Waals surface area contributed by atoms with Gasteiger partial charge in [0.15, 0.2) is 5.69 Å². The Morgan fingerprint density at radius 3 is 2.56 bits per heavy atom. The predicted octanol–water partition coefficient (Wildman–Crippen LogP) is 6.68. The molecule has 1 aliphatic rings. The van der Waals surface area contributed by atoms with E-state index in [1.807, 2.05) is 0 Å². The van der Waals surface area contributed by atoms with E-state index < -0.39 is 33.5 Å². The first-order valence-corrected chi connectivity index (χ1v) is 17.6. The lowest BCUT2D eigenvalue weighted by Crippen LogP contribution is -2.21. The zero-order valence-electron chi connectivity index (χ0n) is 24.6. The largest absolute Gasteiger partial charge is 0.461 e. The summed E-state index contributed by atoms with van der Waals surface area (Å²) in [7, 11) is -3.18. The summed E-state index contributed by atoms with van der Waals surface area (Å²) in [6.45, 7) is 1.89. The number of nitrogens with zero attached hydrogens (tertiary/aromatic N) is 3. The molecular weight excluding hydrogens is 622 g/mol. The molecule has 0 amide bonds. The van der Waals surface area contributed by atoms with E-state index in [2.05, 4.69) is 4.98 Å². The summed E-state index contributed by atoms with van der Waals surface area (Å²) >= 11 is 1.19. The first-order valence-electron chi connectivity index (χ1n) is 14.5. The van der Waals surface area contributed by atoms with Gasteiger partial charge in [-0.25, -0.2) is 27.6 Å². The van der Waals surface area contributed by atoms with Crippen LogP contribution in [0.2, 0.25) is 0 Å². The third kappa shape index (κ3) is 6.63. The maximum atomic E-state index is 15.5. The minimum absolute atomic E-state index is 0.116. The van der Waals surface area contributed by atoms with Crippen molar-refractivity contribution in [1.82, 2.24) is 14.8 Å². The molecule has 2 aromatic heterocycles. The second-order valence-corrected chi connectivity index (χ2v) is 14.5. The molecule has 1 aliphatic carbocycles. The van der Waals surface area contributed by atoms with E-state index >= 15 is 8.78 Å². The number of nitrogens with two attached hydrogens (primary N) is 1. The summed E-state index contributed by atoms with van der Waals surface area (Å²) in [4.78, 5) is 17.2. The molecule has 45 heavy (non-hydrogen) atoms. The average Bonchev–Trinajstić information content (AvgIpc) is 3.55. The lowest BCUT2D eigenvalue weighted by Gasteiger charge is -2.15. The fraction of sp³-hybridized carbons (Fsp3) is 0.242. The van der Waals surface area contributed by atoms with Gasteiger partial charge in [-0.3, -0.25) is 9.35 Å². The van der Waals surface area contributed by atoms with E-state index in [0.29, 0.717) is 45.4 Å². The summed E-state index contributed by atoms with van der Waals surface area (Å²) in [6.07, 6.45) is 4.20. The van der Waals surface area contributed by atoms with Gasteiger partial charge in [0, 0.05) is 39.6 Å². The predicted molar refractivity (Wildman–Crippen MR) is 170 cm³/mol. The topological polar surface area (TPSA) is 100 Å². The van der Waals surface area contributed by atoms with Crippen molar-refractivity contribution in [2.24, 2.45) is 11.1 Å². The van der Waals surface area contributed by atoms with Gasteiger partial charge in [-0.1, -0.05) is 18.2 Å². The minimum atomic E-state index is -3.18. The maximum Gasteiger partial charge on any atom is 0.357 e. The molecule has 0 saturated heterocycles. The van der Waals surface area contributed by atoms with E-state index in [1.54, 1.807) is 47.3 Å². The lowest BCUT2D eigenvalue weighted by atomic mass is 9.94. The fourth-order valence-electron chi connectivity index (χ4n) is 5.23. The monoisotopic (exact) mass is 652 g/mol. The zero-order chi connectivity index (χ0) is 31.9. The number of ether oxygens (including phenoxy) is 1. The summed E-state index contributed by atoms with van der Waals surface area (Å²) in [5, 5.41) is 12.7. The van der Waals surface area contributed by atoms with Crippen molar-refractivity contribution < 1.29 is 26.9 Å². The van der Waals surface area contributed by atoms with Crippen LogP contribution < -0.4 is 5.14 Å². The number of benzene rings is 3. The number of thiazole rings is 1. The van der Waals surface area contributed by atoms with E-state index in [4.69, 9.17) is 15.0 Å². The molecule has 0 bridgehead atoms. The Labute approximate surface area is 263 Å². The van der Waals surface area contributed by atoms with Gasteiger partial charge in [0.25, 0.3) is 0 Å². The van der Waals surface area contributed by atoms with Gasteiger partial charge in [-0.15, -0.1) is 11.3 Å². The van der Waals surface area contributed by atoms with Crippen LogP contribution in [0.5, 0.6) is 0 Å². The Kier molecular flexibility index (Phi) is 8.47. The summed E-state index contributed by atoms with van der Waals surface area (Å²) in [5.74, 6) is -1.76. The smallest absolute Gasteiger partial charge is 0.357 e. The molecule has 3 aromatic carbocycles. The van der Waals surface area contributed by atoms with Gasteiger partial charge in [0.05, 0.1) is 18.0 Å². The van der Waals surface area contributed by atoms with Crippen LogP contribution in [-0.2, 0) is 27.7 Å². The third-order valence-corrected chi connectivity index (χ3v) is 9.82. The molecule has 5 aromatic rings. The molecule has 1 saturated carbocycles. The van der Waals surface area contributed by atoms with E-state index in [0.717, 1.165) is 18.5 Å².